The zero-order valence-electron chi connectivity index (χ0n) is 14.5. The van der Waals surface area contributed by atoms with Crippen molar-refractivity contribution in [2.24, 2.45) is 0 Å². The Kier molecular flexibility index (Phi) is 5.57. The second-order valence-electron chi connectivity index (χ2n) is 6.33. The average molecular weight is 388 g/mol. The van der Waals surface area contributed by atoms with Crippen molar-refractivity contribution in [2.45, 2.75) is 30.3 Å². The van der Waals surface area contributed by atoms with Gasteiger partial charge in [-0.05, 0) is 36.6 Å². The number of carboxylic acid groups (broad SMARTS) is 1. The second kappa shape index (κ2) is 7.89. The van der Waals surface area contributed by atoms with Crippen LogP contribution in [0.4, 0.5) is 0 Å². The average Bonchev–Trinajstić information content (AvgIpc) is 3.17. The van der Waals surface area contributed by atoms with Gasteiger partial charge in [0.25, 0.3) is 5.91 Å². The molecular weight excluding hydrogens is 368 g/mol. The molecule has 0 radical (unpaired) electrons. The fourth-order valence-electron chi connectivity index (χ4n) is 3.09. The Bertz CT molecular complexity index is 944. The van der Waals surface area contributed by atoms with Crippen LogP contribution in [0.15, 0.2) is 59.5 Å². The molecule has 142 valence electrons. The summed E-state index contributed by atoms with van der Waals surface area (Å²) in [7, 11) is -3.80. The van der Waals surface area contributed by atoms with Crippen LogP contribution in [0.1, 0.15) is 28.8 Å². The van der Waals surface area contributed by atoms with Crippen molar-refractivity contribution in [3.05, 3.63) is 65.7 Å². The third-order valence-corrected chi connectivity index (χ3v) is 5.90. The molecule has 3 rings (SSSR count). The molecule has 1 saturated heterocycles. The van der Waals surface area contributed by atoms with Crippen molar-refractivity contribution in [3.8, 4) is 0 Å². The van der Waals surface area contributed by atoms with E-state index in [0.717, 1.165) is 5.56 Å². The van der Waals surface area contributed by atoms with Crippen LogP contribution < -0.4 is 4.72 Å². The molecule has 1 aliphatic rings. The molecule has 2 aromatic rings. The number of rotatable bonds is 6. The Morgan fingerprint density at radius 2 is 1.85 bits per heavy atom. The monoisotopic (exact) mass is 388 g/mol. The number of hydrogen-bond acceptors (Lipinski definition) is 4. The van der Waals surface area contributed by atoms with Gasteiger partial charge in [0.15, 0.2) is 0 Å². The molecule has 8 heteroatoms. The first kappa shape index (κ1) is 19.1. The summed E-state index contributed by atoms with van der Waals surface area (Å²) < 4.78 is 27.6. The fourth-order valence-corrected chi connectivity index (χ4v) is 4.15. The Morgan fingerprint density at radius 1 is 1.11 bits per heavy atom. The SMILES string of the molecule is O=C(O)[C@H]1CCCN1C(=O)c1cccc(S(=O)(=O)NCc2ccccc2)c1. The van der Waals surface area contributed by atoms with Gasteiger partial charge in [0.1, 0.15) is 6.04 Å². The molecule has 0 saturated carbocycles. The van der Waals surface area contributed by atoms with E-state index in [0.29, 0.717) is 19.4 Å². The minimum absolute atomic E-state index is 0.0321. The number of carboxylic acids is 1. The molecule has 0 aromatic heterocycles. The molecule has 1 atom stereocenters. The maximum Gasteiger partial charge on any atom is 0.326 e. The van der Waals surface area contributed by atoms with Crippen molar-refractivity contribution in [1.29, 1.82) is 0 Å². The molecule has 0 unspecified atom stereocenters. The number of nitrogens with one attached hydrogen (secondary N) is 1. The summed E-state index contributed by atoms with van der Waals surface area (Å²) >= 11 is 0. The lowest BCUT2D eigenvalue weighted by atomic mass is 10.1. The van der Waals surface area contributed by atoms with E-state index in [1.807, 2.05) is 30.3 Å². The van der Waals surface area contributed by atoms with E-state index < -0.39 is 27.9 Å². The second-order valence-corrected chi connectivity index (χ2v) is 8.10. The van der Waals surface area contributed by atoms with Gasteiger partial charge in [-0.1, -0.05) is 36.4 Å². The minimum Gasteiger partial charge on any atom is -0.480 e. The summed E-state index contributed by atoms with van der Waals surface area (Å²) in [6.45, 7) is 0.480. The maximum atomic E-state index is 12.7. The predicted molar refractivity (Wildman–Crippen MR) is 98.6 cm³/mol. The summed E-state index contributed by atoms with van der Waals surface area (Å²) in [4.78, 5) is 25.2. The van der Waals surface area contributed by atoms with Gasteiger partial charge in [-0.25, -0.2) is 17.9 Å². The lowest BCUT2D eigenvalue weighted by Gasteiger charge is -2.21. The van der Waals surface area contributed by atoms with Crippen molar-refractivity contribution in [3.63, 3.8) is 0 Å². The molecule has 0 aliphatic carbocycles. The number of sulfonamides is 1. The normalized spacial score (nSPS) is 17.0. The van der Waals surface area contributed by atoms with Crippen molar-refractivity contribution >= 4 is 21.9 Å². The Morgan fingerprint density at radius 3 is 2.56 bits per heavy atom. The Balaban J connectivity index is 1.78. The van der Waals surface area contributed by atoms with E-state index in [9.17, 15) is 23.1 Å². The summed E-state index contributed by atoms with van der Waals surface area (Å²) in [5.41, 5.74) is 0.973. The topological polar surface area (TPSA) is 104 Å². The van der Waals surface area contributed by atoms with Crippen molar-refractivity contribution in [2.75, 3.05) is 6.54 Å². The quantitative estimate of drug-likeness (QED) is 0.786. The number of amides is 1. The lowest BCUT2D eigenvalue weighted by Crippen LogP contribution is -2.40. The van der Waals surface area contributed by atoms with Crippen LogP contribution in [0.3, 0.4) is 0 Å². The number of likely N-dealkylation sites (tertiary alicyclic amines) is 1. The Hall–Kier alpha value is -2.71. The van der Waals surface area contributed by atoms with Gasteiger partial charge in [0.2, 0.25) is 10.0 Å². The molecule has 2 N–H and O–H groups in total. The number of hydrogen-bond donors (Lipinski definition) is 2. The highest BCUT2D eigenvalue weighted by Gasteiger charge is 2.34. The number of aliphatic carboxylic acids is 1. The zero-order chi connectivity index (χ0) is 19.4. The summed E-state index contributed by atoms with van der Waals surface area (Å²) in [6, 6.07) is 13.9. The van der Waals surface area contributed by atoms with Crippen molar-refractivity contribution in [1.82, 2.24) is 9.62 Å². The van der Waals surface area contributed by atoms with Gasteiger partial charge in [0, 0.05) is 18.7 Å². The summed E-state index contributed by atoms with van der Waals surface area (Å²) in [6.07, 6.45) is 1.01. The fraction of sp³-hybridized carbons (Fsp3) is 0.263. The van der Waals surface area contributed by atoms with Crippen LogP contribution in [0.5, 0.6) is 0 Å². The maximum absolute atomic E-state index is 12.7. The number of carbonyl (C=O) groups excluding carboxylic acids is 1. The van der Waals surface area contributed by atoms with Gasteiger partial charge >= 0.3 is 5.97 Å². The van der Waals surface area contributed by atoms with Gasteiger partial charge < -0.3 is 10.0 Å². The van der Waals surface area contributed by atoms with Crippen LogP contribution in [0.2, 0.25) is 0 Å². The predicted octanol–water partition coefficient (Wildman–Crippen LogP) is 1.85. The molecule has 27 heavy (non-hydrogen) atoms. The van der Waals surface area contributed by atoms with Gasteiger partial charge in [-0.15, -0.1) is 0 Å². The third-order valence-electron chi connectivity index (χ3n) is 4.50. The van der Waals surface area contributed by atoms with Crippen LogP contribution in [-0.4, -0.2) is 42.9 Å². The smallest absolute Gasteiger partial charge is 0.326 e. The largest absolute Gasteiger partial charge is 0.480 e. The first-order chi connectivity index (χ1) is 12.9. The molecule has 1 aliphatic heterocycles. The molecule has 2 aromatic carbocycles. The van der Waals surface area contributed by atoms with E-state index in [4.69, 9.17) is 0 Å². The van der Waals surface area contributed by atoms with Gasteiger partial charge in [0.05, 0.1) is 4.90 Å². The summed E-state index contributed by atoms with van der Waals surface area (Å²) in [5, 5.41) is 9.24. The van der Waals surface area contributed by atoms with Crippen molar-refractivity contribution < 1.29 is 23.1 Å². The van der Waals surface area contributed by atoms with E-state index in [-0.39, 0.29) is 17.0 Å². The molecule has 7 nitrogen and oxygen atoms in total. The number of nitrogens with zero attached hydrogens (tertiary/aromatic N) is 1. The van der Waals surface area contributed by atoms with Crippen LogP contribution in [0, 0.1) is 0 Å². The first-order valence-electron chi connectivity index (χ1n) is 8.56. The van der Waals surface area contributed by atoms with E-state index in [1.54, 1.807) is 0 Å². The Labute approximate surface area is 157 Å². The van der Waals surface area contributed by atoms with Crippen LogP contribution in [-0.2, 0) is 21.4 Å². The third kappa shape index (κ3) is 4.35. The standard InChI is InChI=1S/C19H20N2O5S/c22-18(21-11-5-10-17(21)19(23)24)15-8-4-9-16(12-15)27(25,26)20-13-14-6-2-1-3-7-14/h1-4,6-9,12,17,20H,5,10-11,13H2,(H,23,24)/t17-/m1/s1. The summed E-state index contributed by atoms with van der Waals surface area (Å²) in [5.74, 6) is -1.52. The molecule has 1 fully saturated rings. The lowest BCUT2D eigenvalue weighted by molar-refractivity contribution is -0.141. The highest BCUT2D eigenvalue weighted by Crippen LogP contribution is 2.21. The number of carbonyl (C=O) groups is 2. The number of benzene rings is 2. The molecule has 0 spiro atoms. The van der Waals surface area contributed by atoms with Gasteiger partial charge in [-0.2, -0.15) is 0 Å². The minimum atomic E-state index is -3.80. The van der Waals surface area contributed by atoms with E-state index in [2.05, 4.69) is 4.72 Å². The first-order valence-corrected chi connectivity index (χ1v) is 10.0. The van der Waals surface area contributed by atoms with E-state index >= 15 is 0 Å². The molecule has 1 heterocycles. The van der Waals surface area contributed by atoms with E-state index in [1.165, 1.54) is 29.2 Å². The highest BCUT2D eigenvalue weighted by atomic mass is 32.2. The zero-order valence-corrected chi connectivity index (χ0v) is 15.4. The van der Waals surface area contributed by atoms with Gasteiger partial charge in [-0.3, -0.25) is 4.79 Å². The molecule has 1 amide bonds. The molecule has 0 bridgehead atoms. The molecular formula is C19H20N2O5S. The highest BCUT2D eigenvalue weighted by molar-refractivity contribution is 7.89. The van der Waals surface area contributed by atoms with Crippen LogP contribution in [0.25, 0.3) is 0 Å². The van der Waals surface area contributed by atoms with Crippen LogP contribution >= 0.6 is 0 Å².